The highest BCUT2D eigenvalue weighted by molar-refractivity contribution is 5.94. The van der Waals surface area contributed by atoms with E-state index in [4.69, 9.17) is 4.74 Å². The van der Waals surface area contributed by atoms with Crippen LogP contribution < -0.4 is 10.2 Å². The predicted octanol–water partition coefficient (Wildman–Crippen LogP) is 1.17. The fraction of sp³-hybridized carbons (Fsp3) is 0.562. The molecule has 1 aliphatic rings. The number of carbonyl (C=O) groups is 1. The summed E-state index contributed by atoms with van der Waals surface area (Å²) in [6, 6.07) is 9.58. The predicted molar refractivity (Wildman–Crippen MR) is 82.3 cm³/mol. The Kier molecular flexibility index (Phi) is 5.73. The summed E-state index contributed by atoms with van der Waals surface area (Å²) < 4.78 is 5.38. The molecule has 2 N–H and O–H groups in total. The van der Waals surface area contributed by atoms with Gasteiger partial charge in [-0.1, -0.05) is 18.2 Å². The van der Waals surface area contributed by atoms with Crippen LogP contribution in [0.2, 0.25) is 0 Å². The van der Waals surface area contributed by atoms with Gasteiger partial charge in [0.25, 0.3) is 0 Å². The van der Waals surface area contributed by atoms with Gasteiger partial charge in [-0.3, -0.25) is 4.79 Å². The smallest absolute Gasteiger partial charge is 0.240 e. The van der Waals surface area contributed by atoms with Crippen LogP contribution in [0.1, 0.15) is 19.3 Å². The normalized spacial score (nSPS) is 17.4. The summed E-state index contributed by atoms with van der Waals surface area (Å²) in [6.45, 7) is 1.74. The van der Waals surface area contributed by atoms with E-state index in [1.54, 1.807) is 11.9 Å². The molecule has 5 nitrogen and oxygen atoms in total. The molecule has 5 heteroatoms. The third kappa shape index (κ3) is 4.27. The van der Waals surface area contributed by atoms with Gasteiger partial charge >= 0.3 is 0 Å². The summed E-state index contributed by atoms with van der Waals surface area (Å²) >= 11 is 0. The molecule has 116 valence electrons. The number of likely N-dealkylation sites (N-methyl/N-ethyl adjacent to an activating group) is 1. The summed E-state index contributed by atoms with van der Waals surface area (Å²) in [4.78, 5) is 14.0. The number of hydrogen-bond acceptors (Lipinski definition) is 4. The van der Waals surface area contributed by atoms with Crippen molar-refractivity contribution in [2.45, 2.75) is 24.8 Å². The summed E-state index contributed by atoms with van der Waals surface area (Å²) in [5.74, 6) is 0.0185. The minimum absolute atomic E-state index is 0.0185. The standard InChI is InChI=1S/C16H24N2O3/c1-18(14-5-3-2-4-6-14)15(20)13-17-16(7-10-19)8-11-21-12-9-16/h2-6,17,19H,7-13H2,1H3. The second-order valence-corrected chi connectivity index (χ2v) is 5.51. The molecule has 1 aliphatic heterocycles. The number of nitrogens with one attached hydrogen (secondary N) is 1. The first-order valence-corrected chi connectivity index (χ1v) is 7.42. The Morgan fingerprint density at radius 1 is 1.33 bits per heavy atom. The first kappa shape index (κ1) is 15.9. The number of aliphatic hydroxyl groups excluding tert-OH is 1. The van der Waals surface area contributed by atoms with E-state index in [1.165, 1.54) is 0 Å². The molecular weight excluding hydrogens is 268 g/mol. The van der Waals surface area contributed by atoms with Crippen molar-refractivity contribution in [3.8, 4) is 0 Å². The van der Waals surface area contributed by atoms with E-state index in [9.17, 15) is 9.90 Å². The minimum atomic E-state index is -0.180. The molecule has 0 aliphatic carbocycles. The largest absolute Gasteiger partial charge is 0.396 e. The average Bonchev–Trinajstić information content (AvgIpc) is 2.54. The molecule has 2 rings (SSSR count). The van der Waals surface area contributed by atoms with Gasteiger partial charge in [0.15, 0.2) is 0 Å². The summed E-state index contributed by atoms with van der Waals surface area (Å²) in [5, 5.41) is 12.6. The first-order chi connectivity index (χ1) is 10.2. The molecule has 1 amide bonds. The van der Waals surface area contributed by atoms with Crippen LogP contribution in [-0.4, -0.2) is 50.0 Å². The van der Waals surface area contributed by atoms with Crippen LogP contribution in [0.15, 0.2) is 30.3 Å². The van der Waals surface area contributed by atoms with E-state index < -0.39 is 0 Å². The van der Waals surface area contributed by atoms with Gasteiger partial charge < -0.3 is 20.1 Å². The van der Waals surface area contributed by atoms with Gasteiger partial charge in [-0.05, 0) is 31.4 Å². The maximum Gasteiger partial charge on any atom is 0.240 e. The monoisotopic (exact) mass is 292 g/mol. The molecule has 0 atom stereocenters. The van der Waals surface area contributed by atoms with Crippen LogP contribution in [0.5, 0.6) is 0 Å². The fourth-order valence-electron chi connectivity index (χ4n) is 2.67. The zero-order valence-corrected chi connectivity index (χ0v) is 12.5. The molecule has 0 saturated carbocycles. The van der Waals surface area contributed by atoms with E-state index in [1.807, 2.05) is 30.3 Å². The second-order valence-electron chi connectivity index (χ2n) is 5.51. The van der Waals surface area contributed by atoms with Crippen LogP contribution >= 0.6 is 0 Å². The quantitative estimate of drug-likeness (QED) is 0.826. The molecule has 1 saturated heterocycles. The maximum atomic E-state index is 12.3. The van der Waals surface area contributed by atoms with Gasteiger partial charge in [0, 0.05) is 38.1 Å². The van der Waals surface area contributed by atoms with E-state index in [0.717, 1.165) is 18.5 Å². The highest BCUT2D eigenvalue weighted by Crippen LogP contribution is 2.24. The van der Waals surface area contributed by atoms with Crippen LogP contribution in [0.25, 0.3) is 0 Å². The molecule has 0 bridgehead atoms. The van der Waals surface area contributed by atoms with E-state index in [0.29, 0.717) is 19.6 Å². The number of benzene rings is 1. The van der Waals surface area contributed by atoms with Crippen LogP contribution in [0.3, 0.4) is 0 Å². The number of nitrogens with zero attached hydrogens (tertiary/aromatic N) is 1. The lowest BCUT2D eigenvalue weighted by molar-refractivity contribution is -0.118. The Bertz CT molecular complexity index is 439. The van der Waals surface area contributed by atoms with Gasteiger partial charge in [0.1, 0.15) is 0 Å². The van der Waals surface area contributed by atoms with Crippen LogP contribution in [0.4, 0.5) is 5.69 Å². The highest BCUT2D eigenvalue weighted by atomic mass is 16.5. The van der Waals surface area contributed by atoms with Gasteiger partial charge in [0.05, 0.1) is 6.54 Å². The maximum absolute atomic E-state index is 12.3. The summed E-state index contributed by atoms with van der Waals surface area (Å²) in [7, 11) is 1.78. The van der Waals surface area contributed by atoms with Crippen molar-refractivity contribution in [2.24, 2.45) is 0 Å². The van der Waals surface area contributed by atoms with Gasteiger partial charge in [-0.15, -0.1) is 0 Å². The van der Waals surface area contributed by atoms with E-state index in [-0.39, 0.29) is 24.6 Å². The Hall–Kier alpha value is -1.43. The molecule has 1 fully saturated rings. The number of aliphatic hydroxyl groups is 1. The van der Waals surface area contributed by atoms with Crippen molar-refractivity contribution in [3.63, 3.8) is 0 Å². The minimum Gasteiger partial charge on any atom is -0.396 e. The molecule has 0 radical (unpaired) electrons. The van der Waals surface area contributed by atoms with Crippen molar-refractivity contribution in [1.82, 2.24) is 5.32 Å². The molecule has 0 unspecified atom stereocenters. The topological polar surface area (TPSA) is 61.8 Å². The number of hydrogen-bond donors (Lipinski definition) is 2. The van der Waals surface area contributed by atoms with E-state index >= 15 is 0 Å². The van der Waals surface area contributed by atoms with Gasteiger partial charge in [-0.2, -0.15) is 0 Å². The van der Waals surface area contributed by atoms with Crippen molar-refractivity contribution in [3.05, 3.63) is 30.3 Å². The van der Waals surface area contributed by atoms with Crippen molar-refractivity contribution in [1.29, 1.82) is 0 Å². The van der Waals surface area contributed by atoms with Crippen LogP contribution in [0, 0.1) is 0 Å². The lowest BCUT2D eigenvalue weighted by atomic mass is 9.87. The SMILES string of the molecule is CN(C(=O)CNC1(CCO)CCOCC1)c1ccccc1. The van der Waals surface area contributed by atoms with Gasteiger partial charge in [0.2, 0.25) is 5.91 Å². The van der Waals surface area contributed by atoms with Crippen LogP contribution in [-0.2, 0) is 9.53 Å². The Morgan fingerprint density at radius 3 is 2.62 bits per heavy atom. The number of ether oxygens (including phenoxy) is 1. The summed E-state index contributed by atoms with van der Waals surface area (Å²) in [6.07, 6.45) is 2.31. The third-order valence-electron chi connectivity index (χ3n) is 4.17. The molecular formula is C16H24N2O3. The molecule has 21 heavy (non-hydrogen) atoms. The zero-order chi connectivity index (χ0) is 15.1. The average molecular weight is 292 g/mol. The third-order valence-corrected chi connectivity index (χ3v) is 4.17. The molecule has 0 spiro atoms. The number of rotatable bonds is 6. The molecule has 1 aromatic rings. The Morgan fingerprint density at radius 2 is 2.00 bits per heavy atom. The molecule has 0 aromatic heterocycles. The first-order valence-electron chi connectivity index (χ1n) is 7.42. The zero-order valence-electron chi connectivity index (χ0n) is 12.5. The number of amides is 1. The van der Waals surface area contributed by atoms with Gasteiger partial charge in [-0.25, -0.2) is 0 Å². The highest BCUT2D eigenvalue weighted by Gasteiger charge is 2.32. The lowest BCUT2D eigenvalue weighted by Crippen LogP contribution is -2.53. The van der Waals surface area contributed by atoms with Crippen molar-refractivity contribution < 1.29 is 14.6 Å². The Labute approximate surface area is 125 Å². The number of para-hydroxylation sites is 1. The fourth-order valence-corrected chi connectivity index (χ4v) is 2.67. The second kappa shape index (κ2) is 7.54. The molecule has 1 heterocycles. The number of carbonyl (C=O) groups excluding carboxylic acids is 1. The summed E-state index contributed by atoms with van der Waals surface area (Å²) in [5.41, 5.74) is 0.702. The van der Waals surface area contributed by atoms with Crippen molar-refractivity contribution in [2.75, 3.05) is 38.3 Å². The van der Waals surface area contributed by atoms with Crippen molar-refractivity contribution >= 4 is 11.6 Å². The molecule has 1 aromatic carbocycles. The lowest BCUT2D eigenvalue weighted by Gasteiger charge is -2.38. The Balaban J connectivity index is 1.92. The van der Waals surface area contributed by atoms with E-state index in [2.05, 4.69) is 5.32 Å². The number of anilines is 1.